The van der Waals surface area contributed by atoms with Crippen molar-refractivity contribution < 1.29 is 13.2 Å². The van der Waals surface area contributed by atoms with Gasteiger partial charge in [-0.2, -0.15) is 5.26 Å². The Labute approximate surface area is 172 Å². The Hall–Kier alpha value is -2.88. The molecule has 0 N–H and O–H groups in total. The van der Waals surface area contributed by atoms with E-state index in [0.717, 1.165) is 10.0 Å². The van der Waals surface area contributed by atoms with Crippen molar-refractivity contribution in [2.45, 2.75) is 11.5 Å². The van der Waals surface area contributed by atoms with Gasteiger partial charge in [0.15, 0.2) is 0 Å². The fourth-order valence-corrected chi connectivity index (χ4v) is 3.95. The normalized spacial score (nSPS) is 11.6. The molecule has 0 radical (unpaired) electrons. The molecular formula is C22H16BrNO3S. The molecule has 3 aromatic rings. The summed E-state index contributed by atoms with van der Waals surface area (Å²) in [5.41, 5.74) is 1.50. The molecule has 0 saturated heterocycles. The molecule has 28 heavy (non-hydrogen) atoms. The summed E-state index contributed by atoms with van der Waals surface area (Å²) in [7, 11) is -3.90. The highest BCUT2D eigenvalue weighted by Gasteiger charge is 2.21. The van der Waals surface area contributed by atoms with Crippen molar-refractivity contribution in [1.82, 2.24) is 0 Å². The summed E-state index contributed by atoms with van der Waals surface area (Å²) >= 11 is 3.39. The number of nitriles is 1. The number of hydrogen-bond donors (Lipinski definition) is 0. The lowest BCUT2D eigenvalue weighted by Crippen LogP contribution is -2.04. The number of rotatable bonds is 6. The molecule has 3 aromatic carbocycles. The highest BCUT2D eigenvalue weighted by Crippen LogP contribution is 2.26. The number of halogens is 1. The van der Waals surface area contributed by atoms with Crippen LogP contribution in [0, 0.1) is 11.3 Å². The minimum Gasteiger partial charge on any atom is -0.488 e. The standard InChI is InChI=1S/C22H16BrNO3S/c23-19-12-10-17(11-13-19)16-27-22-9-5-4-6-18(22)14-21(15-24)28(25,26)20-7-2-1-3-8-20/h1-14H,16H2/b21-14-. The van der Waals surface area contributed by atoms with Crippen LogP contribution in [0.2, 0.25) is 0 Å². The maximum absolute atomic E-state index is 12.8. The molecule has 3 rings (SSSR count). The van der Waals surface area contributed by atoms with Gasteiger partial charge in [-0.05, 0) is 42.0 Å². The van der Waals surface area contributed by atoms with Gasteiger partial charge in [0.2, 0.25) is 9.84 Å². The van der Waals surface area contributed by atoms with Crippen LogP contribution >= 0.6 is 15.9 Å². The van der Waals surface area contributed by atoms with Gasteiger partial charge in [0, 0.05) is 10.0 Å². The minimum absolute atomic E-state index is 0.0797. The molecule has 0 aromatic heterocycles. The highest BCUT2D eigenvalue weighted by molar-refractivity contribution is 9.10. The van der Waals surface area contributed by atoms with E-state index in [1.165, 1.54) is 18.2 Å². The van der Waals surface area contributed by atoms with E-state index in [0.29, 0.717) is 17.9 Å². The SMILES string of the molecule is N#C/C(=C/c1ccccc1OCc1ccc(Br)cc1)S(=O)(=O)c1ccccc1. The second-order valence-electron chi connectivity index (χ2n) is 5.89. The third kappa shape index (κ3) is 4.69. The van der Waals surface area contributed by atoms with Crippen molar-refractivity contribution in [2.24, 2.45) is 0 Å². The lowest BCUT2D eigenvalue weighted by molar-refractivity contribution is 0.305. The van der Waals surface area contributed by atoms with Crippen LogP contribution in [0.25, 0.3) is 6.08 Å². The Kier molecular flexibility index (Phi) is 6.30. The summed E-state index contributed by atoms with van der Waals surface area (Å²) in [5.74, 6) is 0.501. The summed E-state index contributed by atoms with van der Waals surface area (Å²) in [4.78, 5) is -0.255. The monoisotopic (exact) mass is 453 g/mol. The van der Waals surface area contributed by atoms with Gasteiger partial charge in [0.05, 0.1) is 4.90 Å². The summed E-state index contributed by atoms with van der Waals surface area (Å²) in [5, 5.41) is 9.47. The third-order valence-corrected chi connectivity index (χ3v) is 6.18. The summed E-state index contributed by atoms with van der Waals surface area (Å²) in [6, 6.07) is 24.4. The molecule has 140 valence electrons. The van der Waals surface area contributed by atoms with Gasteiger partial charge in [-0.25, -0.2) is 8.42 Å². The van der Waals surface area contributed by atoms with Crippen LogP contribution in [0.3, 0.4) is 0 Å². The zero-order valence-corrected chi connectivity index (χ0v) is 17.2. The third-order valence-electron chi connectivity index (χ3n) is 3.97. The van der Waals surface area contributed by atoms with E-state index in [4.69, 9.17) is 4.74 Å². The average molecular weight is 454 g/mol. The molecule has 4 nitrogen and oxygen atoms in total. The van der Waals surface area contributed by atoms with Crippen molar-refractivity contribution >= 4 is 31.8 Å². The fraction of sp³-hybridized carbons (Fsp3) is 0.0455. The molecule has 0 aliphatic heterocycles. The van der Waals surface area contributed by atoms with Crippen LogP contribution in [-0.4, -0.2) is 8.42 Å². The Balaban J connectivity index is 1.90. The van der Waals surface area contributed by atoms with Crippen molar-refractivity contribution in [3.63, 3.8) is 0 Å². The lowest BCUT2D eigenvalue weighted by Gasteiger charge is -2.10. The van der Waals surface area contributed by atoms with Gasteiger partial charge in [-0.3, -0.25) is 0 Å². The molecule has 0 heterocycles. The fourth-order valence-electron chi connectivity index (χ4n) is 2.51. The van der Waals surface area contributed by atoms with Crippen LogP contribution in [0.5, 0.6) is 5.75 Å². The average Bonchev–Trinajstić information content (AvgIpc) is 2.72. The van der Waals surface area contributed by atoms with Crippen LogP contribution in [0.1, 0.15) is 11.1 Å². The van der Waals surface area contributed by atoms with Crippen molar-refractivity contribution in [3.8, 4) is 11.8 Å². The van der Waals surface area contributed by atoms with Gasteiger partial charge in [-0.1, -0.05) is 64.5 Å². The van der Waals surface area contributed by atoms with Crippen molar-refractivity contribution in [3.05, 3.63) is 99.4 Å². The first-order chi connectivity index (χ1) is 13.5. The molecule has 0 aliphatic carbocycles. The maximum atomic E-state index is 12.8. The molecule has 0 amide bonds. The Bertz CT molecular complexity index is 1130. The van der Waals surface area contributed by atoms with E-state index in [9.17, 15) is 13.7 Å². The number of sulfone groups is 1. The van der Waals surface area contributed by atoms with E-state index in [2.05, 4.69) is 15.9 Å². The summed E-state index contributed by atoms with van der Waals surface area (Å²) in [6.07, 6.45) is 1.35. The van der Waals surface area contributed by atoms with Crippen LogP contribution in [-0.2, 0) is 16.4 Å². The number of allylic oxidation sites excluding steroid dienone is 1. The highest BCUT2D eigenvalue weighted by atomic mass is 79.9. The van der Waals surface area contributed by atoms with Gasteiger partial charge >= 0.3 is 0 Å². The number of nitrogens with zero attached hydrogens (tertiary/aromatic N) is 1. The zero-order chi connectivity index (χ0) is 20.0. The molecule has 0 fully saturated rings. The van der Waals surface area contributed by atoms with Crippen LogP contribution in [0.15, 0.2) is 93.1 Å². The van der Waals surface area contributed by atoms with Crippen molar-refractivity contribution in [1.29, 1.82) is 5.26 Å². The first kappa shape index (κ1) is 19.9. The minimum atomic E-state index is -3.90. The van der Waals surface area contributed by atoms with E-state index in [-0.39, 0.29) is 9.80 Å². The van der Waals surface area contributed by atoms with Crippen LogP contribution in [0.4, 0.5) is 0 Å². The predicted molar refractivity (Wildman–Crippen MR) is 112 cm³/mol. The second kappa shape index (κ2) is 8.87. The smallest absolute Gasteiger partial charge is 0.216 e. The number of ether oxygens (including phenoxy) is 1. The Morgan fingerprint density at radius 2 is 1.61 bits per heavy atom. The molecule has 0 saturated carbocycles. The van der Waals surface area contributed by atoms with E-state index < -0.39 is 9.84 Å². The molecule has 6 heteroatoms. The van der Waals surface area contributed by atoms with Crippen LogP contribution < -0.4 is 4.74 Å². The first-order valence-corrected chi connectivity index (χ1v) is 10.7. The van der Waals surface area contributed by atoms with Gasteiger partial charge in [0.1, 0.15) is 23.3 Å². The topological polar surface area (TPSA) is 67.2 Å². The van der Waals surface area contributed by atoms with Gasteiger partial charge in [-0.15, -0.1) is 0 Å². The summed E-state index contributed by atoms with van der Waals surface area (Å²) < 4.78 is 32.3. The van der Waals surface area contributed by atoms with Gasteiger partial charge in [0.25, 0.3) is 0 Å². The zero-order valence-electron chi connectivity index (χ0n) is 14.7. The number of benzene rings is 3. The number of hydrogen-bond acceptors (Lipinski definition) is 4. The van der Waals surface area contributed by atoms with Crippen molar-refractivity contribution in [2.75, 3.05) is 0 Å². The van der Waals surface area contributed by atoms with E-state index in [1.54, 1.807) is 42.5 Å². The largest absolute Gasteiger partial charge is 0.488 e. The molecule has 0 unspecified atom stereocenters. The van der Waals surface area contributed by atoms with Gasteiger partial charge < -0.3 is 4.74 Å². The Morgan fingerprint density at radius 3 is 2.29 bits per heavy atom. The molecular weight excluding hydrogens is 438 g/mol. The lowest BCUT2D eigenvalue weighted by atomic mass is 10.2. The molecule has 0 aliphatic rings. The van der Waals surface area contributed by atoms with E-state index in [1.807, 2.05) is 30.3 Å². The quantitative estimate of drug-likeness (QED) is 0.470. The summed E-state index contributed by atoms with van der Waals surface area (Å²) in [6.45, 7) is 0.325. The Morgan fingerprint density at radius 1 is 0.964 bits per heavy atom. The first-order valence-electron chi connectivity index (χ1n) is 8.39. The predicted octanol–water partition coefficient (Wildman–Crippen LogP) is 5.37. The molecule has 0 atom stereocenters. The van der Waals surface area contributed by atoms with E-state index >= 15 is 0 Å². The second-order valence-corrected chi connectivity index (χ2v) is 8.72. The molecule has 0 bridgehead atoms. The number of para-hydroxylation sites is 1. The maximum Gasteiger partial charge on any atom is 0.216 e. The molecule has 0 spiro atoms.